The van der Waals surface area contributed by atoms with Crippen molar-refractivity contribution in [3.63, 3.8) is 0 Å². The first-order valence-electron chi connectivity index (χ1n) is 8.40. The van der Waals surface area contributed by atoms with Crippen LogP contribution in [0, 0.1) is 25.5 Å². The molecule has 0 saturated carbocycles. The fourth-order valence-corrected chi connectivity index (χ4v) is 3.49. The van der Waals surface area contributed by atoms with Gasteiger partial charge in [-0.1, -0.05) is 30.0 Å². The van der Waals surface area contributed by atoms with Crippen molar-refractivity contribution >= 4 is 23.4 Å². The van der Waals surface area contributed by atoms with Gasteiger partial charge in [-0.3, -0.25) is 9.36 Å². The van der Waals surface area contributed by atoms with Gasteiger partial charge in [0.15, 0.2) is 5.16 Å². The van der Waals surface area contributed by atoms with Gasteiger partial charge in [0.2, 0.25) is 5.91 Å². The predicted molar refractivity (Wildman–Crippen MR) is 103 cm³/mol. The minimum absolute atomic E-state index is 0.437. The molecule has 1 unspecified atom stereocenters. The van der Waals surface area contributed by atoms with Crippen molar-refractivity contribution < 1.29 is 13.6 Å². The number of rotatable bonds is 5. The van der Waals surface area contributed by atoms with Crippen molar-refractivity contribution in [3.05, 3.63) is 71.6 Å². The van der Waals surface area contributed by atoms with E-state index in [-0.39, 0.29) is 0 Å². The van der Waals surface area contributed by atoms with Crippen LogP contribution in [0.4, 0.5) is 14.5 Å². The van der Waals surface area contributed by atoms with E-state index in [0.717, 1.165) is 28.9 Å². The van der Waals surface area contributed by atoms with Gasteiger partial charge in [-0.25, -0.2) is 13.8 Å². The van der Waals surface area contributed by atoms with Crippen molar-refractivity contribution in [1.29, 1.82) is 0 Å². The number of amides is 1. The number of aryl methyl sites for hydroxylation is 1. The average Bonchev–Trinajstić information content (AvgIpc) is 3.08. The number of carbonyl (C=O) groups is 1. The van der Waals surface area contributed by atoms with E-state index in [1.807, 2.05) is 42.8 Å². The lowest BCUT2D eigenvalue weighted by molar-refractivity contribution is -0.115. The standard InChI is InChI=1S/C20H19F2N3OS/c1-12-6-4-9-17(13(12)2)25-11-10-23-20(25)27-14(3)19(26)24-18-15(21)7-5-8-16(18)22/h4-11,14H,1-3H3,(H,24,26). The Bertz CT molecular complexity index is 967. The second-order valence-corrected chi connectivity index (χ2v) is 7.45. The molecule has 1 aromatic heterocycles. The summed E-state index contributed by atoms with van der Waals surface area (Å²) in [6, 6.07) is 9.42. The Balaban J connectivity index is 1.79. The Morgan fingerprint density at radius 1 is 1.15 bits per heavy atom. The number of thioether (sulfide) groups is 1. The normalized spacial score (nSPS) is 12.0. The quantitative estimate of drug-likeness (QED) is 0.634. The molecule has 27 heavy (non-hydrogen) atoms. The maximum atomic E-state index is 13.7. The number of aromatic nitrogens is 2. The van der Waals surface area contributed by atoms with Gasteiger partial charge in [-0.2, -0.15) is 0 Å². The van der Waals surface area contributed by atoms with Crippen LogP contribution < -0.4 is 5.32 Å². The number of hydrogen-bond donors (Lipinski definition) is 1. The molecule has 0 aliphatic rings. The Kier molecular flexibility index (Phi) is 5.60. The van der Waals surface area contributed by atoms with Crippen LogP contribution in [0.2, 0.25) is 0 Å². The molecule has 0 aliphatic carbocycles. The largest absolute Gasteiger partial charge is 0.320 e. The lowest BCUT2D eigenvalue weighted by Crippen LogP contribution is -2.24. The molecule has 1 atom stereocenters. The van der Waals surface area contributed by atoms with Gasteiger partial charge in [0.1, 0.15) is 17.3 Å². The van der Waals surface area contributed by atoms with E-state index in [0.29, 0.717) is 5.16 Å². The van der Waals surface area contributed by atoms with Gasteiger partial charge in [-0.05, 0) is 50.1 Å². The molecule has 0 bridgehead atoms. The maximum absolute atomic E-state index is 13.7. The summed E-state index contributed by atoms with van der Waals surface area (Å²) < 4.78 is 29.4. The summed E-state index contributed by atoms with van der Waals surface area (Å²) in [6.45, 7) is 5.72. The molecule has 0 spiro atoms. The molecule has 0 fully saturated rings. The summed E-state index contributed by atoms with van der Waals surface area (Å²) in [7, 11) is 0. The molecule has 2 aromatic carbocycles. The molecule has 3 rings (SSSR count). The summed E-state index contributed by atoms with van der Waals surface area (Å²) in [6.07, 6.45) is 3.48. The third kappa shape index (κ3) is 4.03. The lowest BCUT2D eigenvalue weighted by atomic mass is 10.1. The highest BCUT2D eigenvalue weighted by molar-refractivity contribution is 8.00. The lowest BCUT2D eigenvalue weighted by Gasteiger charge is -2.15. The number of carbonyl (C=O) groups excluding carboxylic acids is 1. The van der Waals surface area contributed by atoms with Crippen LogP contribution in [0.25, 0.3) is 5.69 Å². The first-order valence-corrected chi connectivity index (χ1v) is 9.28. The molecule has 1 heterocycles. The number of halogens is 2. The van der Waals surface area contributed by atoms with E-state index >= 15 is 0 Å². The highest BCUT2D eigenvalue weighted by Crippen LogP contribution is 2.28. The fourth-order valence-electron chi connectivity index (χ4n) is 2.61. The average molecular weight is 387 g/mol. The Hall–Kier alpha value is -2.67. The topological polar surface area (TPSA) is 46.9 Å². The summed E-state index contributed by atoms with van der Waals surface area (Å²) >= 11 is 1.22. The van der Waals surface area contributed by atoms with Gasteiger partial charge >= 0.3 is 0 Å². The van der Waals surface area contributed by atoms with E-state index in [2.05, 4.69) is 10.3 Å². The highest BCUT2D eigenvalue weighted by atomic mass is 32.2. The summed E-state index contributed by atoms with van der Waals surface area (Å²) in [5.41, 5.74) is 2.80. The van der Waals surface area contributed by atoms with E-state index in [9.17, 15) is 13.6 Å². The fraction of sp³-hybridized carbons (Fsp3) is 0.200. The molecule has 0 aliphatic heterocycles. The third-order valence-electron chi connectivity index (χ3n) is 4.30. The molecule has 7 heteroatoms. The number of nitrogens with zero attached hydrogens (tertiary/aromatic N) is 2. The van der Waals surface area contributed by atoms with Crippen LogP contribution in [0.15, 0.2) is 53.9 Å². The number of anilines is 1. The van der Waals surface area contributed by atoms with Crippen LogP contribution in [-0.2, 0) is 4.79 Å². The molecule has 4 nitrogen and oxygen atoms in total. The summed E-state index contributed by atoms with van der Waals surface area (Å²) in [5, 5.41) is 2.35. The van der Waals surface area contributed by atoms with E-state index in [1.165, 1.54) is 17.8 Å². The zero-order chi connectivity index (χ0) is 19.6. The van der Waals surface area contributed by atoms with Gasteiger partial charge in [-0.15, -0.1) is 0 Å². The van der Waals surface area contributed by atoms with Crippen molar-refractivity contribution in [1.82, 2.24) is 9.55 Å². The van der Waals surface area contributed by atoms with E-state index in [1.54, 1.807) is 13.1 Å². The van der Waals surface area contributed by atoms with Crippen molar-refractivity contribution in [2.45, 2.75) is 31.2 Å². The SMILES string of the molecule is Cc1cccc(-n2ccnc2SC(C)C(=O)Nc2c(F)cccc2F)c1C. The summed E-state index contributed by atoms with van der Waals surface area (Å²) in [4.78, 5) is 16.7. The first-order chi connectivity index (χ1) is 12.9. The van der Waals surface area contributed by atoms with Crippen LogP contribution >= 0.6 is 11.8 Å². The number of benzene rings is 2. The number of hydrogen-bond acceptors (Lipinski definition) is 3. The number of para-hydroxylation sites is 1. The predicted octanol–water partition coefficient (Wildman–Crippen LogP) is 4.89. The van der Waals surface area contributed by atoms with Gasteiger partial charge < -0.3 is 5.32 Å². The highest BCUT2D eigenvalue weighted by Gasteiger charge is 2.21. The van der Waals surface area contributed by atoms with Gasteiger partial charge in [0.05, 0.1) is 10.9 Å². The van der Waals surface area contributed by atoms with Crippen molar-refractivity contribution in [2.24, 2.45) is 0 Å². The second-order valence-electron chi connectivity index (χ2n) is 6.14. The molecular formula is C20H19F2N3OS. The van der Waals surface area contributed by atoms with Crippen molar-refractivity contribution in [3.8, 4) is 5.69 Å². The molecule has 140 valence electrons. The molecule has 1 N–H and O–H groups in total. The zero-order valence-corrected chi connectivity index (χ0v) is 16.0. The van der Waals surface area contributed by atoms with E-state index in [4.69, 9.17) is 0 Å². The zero-order valence-electron chi connectivity index (χ0n) is 15.2. The number of nitrogens with one attached hydrogen (secondary N) is 1. The van der Waals surface area contributed by atoms with Crippen LogP contribution in [0.5, 0.6) is 0 Å². The van der Waals surface area contributed by atoms with Crippen LogP contribution in [0.1, 0.15) is 18.1 Å². The molecule has 0 radical (unpaired) electrons. The molecule has 0 saturated heterocycles. The smallest absolute Gasteiger partial charge is 0.237 e. The maximum Gasteiger partial charge on any atom is 0.237 e. The monoisotopic (exact) mass is 387 g/mol. The number of imidazole rings is 1. The molecule has 3 aromatic rings. The molecule has 1 amide bonds. The third-order valence-corrected chi connectivity index (χ3v) is 5.39. The minimum atomic E-state index is -0.808. The van der Waals surface area contributed by atoms with Crippen molar-refractivity contribution in [2.75, 3.05) is 5.32 Å². The Morgan fingerprint density at radius 2 is 1.81 bits per heavy atom. The van der Waals surface area contributed by atoms with Crippen LogP contribution in [0.3, 0.4) is 0 Å². The molecular weight excluding hydrogens is 368 g/mol. The minimum Gasteiger partial charge on any atom is -0.320 e. The summed E-state index contributed by atoms with van der Waals surface area (Å²) in [5.74, 6) is -2.12. The Labute approximate surface area is 160 Å². The van der Waals surface area contributed by atoms with E-state index < -0.39 is 28.5 Å². The van der Waals surface area contributed by atoms with Gasteiger partial charge in [0, 0.05) is 12.4 Å². The Morgan fingerprint density at radius 3 is 2.52 bits per heavy atom. The first kappa shape index (κ1) is 19.1. The second kappa shape index (κ2) is 7.92. The van der Waals surface area contributed by atoms with Crippen LogP contribution in [-0.4, -0.2) is 20.7 Å². The van der Waals surface area contributed by atoms with Gasteiger partial charge in [0.25, 0.3) is 0 Å².